The molecule has 0 spiro atoms. The van der Waals surface area contributed by atoms with Gasteiger partial charge >= 0.3 is 0 Å². The number of furan rings is 1. The number of nitrogens with zero attached hydrogens (tertiary/aromatic N) is 3. The summed E-state index contributed by atoms with van der Waals surface area (Å²) in [5.74, 6) is 1.51. The molecule has 0 fully saturated rings. The van der Waals surface area contributed by atoms with Gasteiger partial charge in [0.15, 0.2) is 0 Å². The van der Waals surface area contributed by atoms with E-state index in [-0.39, 0.29) is 17.9 Å². The molecule has 0 radical (unpaired) electrons. The first-order valence-corrected chi connectivity index (χ1v) is 10.8. The highest BCUT2D eigenvalue weighted by molar-refractivity contribution is 5.77. The minimum absolute atomic E-state index is 0.0516. The van der Waals surface area contributed by atoms with Gasteiger partial charge in [-0.15, -0.1) is 0 Å². The molecule has 32 heavy (non-hydrogen) atoms. The first kappa shape index (κ1) is 21.6. The molecule has 0 bridgehead atoms. The van der Waals surface area contributed by atoms with Gasteiger partial charge in [0.05, 0.1) is 17.6 Å². The van der Waals surface area contributed by atoms with Crippen molar-refractivity contribution in [3.8, 4) is 0 Å². The third-order valence-corrected chi connectivity index (χ3v) is 5.58. The van der Waals surface area contributed by atoms with Gasteiger partial charge in [0, 0.05) is 26.4 Å². The molecule has 6 nitrogen and oxygen atoms in total. The number of fused-ring (bicyclic) bond motifs is 1. The molecule has 0 N–H and O–H groups in total. The van der Waals surface area contributed by atoms with E-state index in [0.29, 0.717) is 25.2 Å². The lowest BCUT2D eigenvalue weighted by molar-refractivity contribution is -0.130. The summed E-state index contributed by atoms with van der Waals surface area (Å²) in [5.41, 5.74) is 3.05. The normalized spacial score (nSPS) is 11.1. The summed E-state index contributed by atoms with van der Waals surface area (Å²) >= 11 is 0. The first-order chi connectivity index (χ1) is 15.5. The molecular weight excluding hydrogens is 402 g/mol. The van der Waals surface area contributed by atoms with Crippen LogP contribution in [-0.4, -0.2) is 27.4 Å². The average molecular weight is 430 g/mol. The second-order valence-electron chi connectivity index (χ2n) is 8.00. The van der Waals surface area contributed by atoms with Gasteiger partial charge < -0.3 is 13.9 Å². The van der Waals surface area contributed by atoms with Crippen LogP contribution >= 0.6 is 0 Å². The molecule has 0 aliphatic carbocycles. The molecule has 4 aromatic rings. The summed E-state index contributed by atoms with van der Waals surface area (Å²) in [7, 11) is 1.74. The molecule has 0 atom stereocenters. The Balaban J connectivity index is 1.51. The van der Waals surface area contributed by atoms with Crippen LogP contribution in [0.15, 0.2) is 75.9 Å². The Bertz CT molecular complexity index is 1270. The van der Waals surface area contributed by atoms with Crippen molar-refractivity contribution >= 4 is 16.9 Å². The SMILES string of the molecule is Cc1ccc(CN(C)C(=O)CCc2nc3ccccc3n(CCc3ccccc3)c2=O)o1. The zero-order chi connectivity index (χ0) is 22.5. The van der Waals surface area contributed by atoms with Crippen molar-refractivity contribution in [1.29, 1.82) is 0 Å². The summed E-state index contributed by atoms with van der Waals surface area (Å²) < 4.78 is 7.34. The third kappa shape index (κ3) is 4.97. The standard InChI is InChI=1S/C26H27N3O3/c1-19-12-13-21(32-19)18-28(2)25(30)15-14-23-26(31)29(17-16-20-8-4-3-5-9-20)24-11-7-6-10-22(24)27-23/h3-13H,14-18H2,1-2H3. The van der Waals surface area contributed by atoms with E-state index in [9.17, 15) is 9.59 Å². The highest BCUT2D eigenvalue weighted by atomic mass is 16.3. The van der Waals surface area contributed by atoms with Gasteiger partial charge in [-0.2, -0.15) is 0 Å². The van der Waals surface area contributed by atoms with E-state index in [0.717, 1.165) is 29.0 Å². The smallest absolute Gasteiger partial charge is 0.272 e. The van der Waals surface area contributed by atoms with Gasteiger partial charge in [-0.05, 0) is 43.2 Å². The fraction of sp³-hybridized carbons (Fsp3) is 0.269. The van der Waals surface area contributed by atoms with E-state index >= 15 is 0 Å². The molecule has 2 aromatic carbocycles. The number of amides is 1. The second kappa shape index (κ2) is 9.64. The Labute approximate surface area is 187 Å². The number of aryl methyl sites for hydroxylation is 4. The molecule has 0 aliphatic heterocycles. The number of aromatic nitrogens is 2. The summed E-state index contributed by atoms with van der Waals surface area (Å²) in [6.45, 7) is 2.84. The molecule has 0 saturated heterocycles. The van der Waals surface area contributed by atoms with E-state index in [1.165, 1.54) is 5.56 Å². The molecule has 4 rings (SSSR count). The van der Waals surface area contributed by atoms with Crippen LogP contribution in [0.3, 0.4) is 0 Å². The number of carbonyl (C=O) groups excluding carboxylic acids is 1. The fourth-order valence-corrected chi connectivity index (χ4v) is 3.82. The zero-order valence-corrected chi connectivity index (χ0v) is 18.5. The van der Waals surface area contributed by atoms with Crippen LogP contribution in [0.5, 0.6) is 0 Å². The maximum absolute atomic E-state index is 13.2. The lowest BCUT2D eigenvalue weighted by Crippen LogP contribution is -2.29. The lowest BCUT2D eigenvalue weighted by atomic mass is 10.1. The number of hydrogen-bond donors (Lipinski definition) is 0. The monoisotopic (exact) mass is 429 g/mol. The maximum atomic E-state index is 13.2. The van der Waals surface area contributed by atoms with E-state index in [1.807, 2.05) is 61.5 Å². The van der Waals surface area contributed by atoms with E-state index in [2.05, 4.69) is 17.1 Å². The largest absolute Gasteiger partial charge is 0.464 e. The molecule has 164 valence electrons. The van der Waals surface area contributed by atoms with Gasteiger partial charge in [-0.1, -0.05) is 42.5 Å². The van der Waals surface area contributed by atoms with Crippen LogP contribution in [0.25, 0.3) is 11.0 Å². The molecule has 0 unspecified atom stereocenters. The number of para-hydroxylation sites is 2. The predicted molar refractivity (Wildman–Crippen MR) is 124 cm³/mol. The van der Waals surface area contributed by atoms with Crippen molar-refractivity contribution in [2.24, 2.45) is 0 Å². The highest BCUT2D eigenvalue weighted by Gasteiger charge is 2.15. The molecule has 2 heterocycles. The van der Waals surface area contributed by atoms with Gasteiger partial charge in [-0.3, -0.25) is 9.59 Å². The number of rotatable bonds is 8. The third-order valence-electron chi connectivity index (χ3n) is 5.58. The fourth-order valence-electron chi connectivity index (χ4n) is 3.82. The quantitative estimate of drug-likeness (QED) is 0.422. The van der Waals surface area contributed by atoms with Crippen molar-refractivity contribution in [3.05, 3.63) is 99.9 Å². The minimum atomic E-state index is -0.128. The van der Waals surface area contributed by atoms with Crippen LogP contribution in [0.2, 0.25) is 0 Å². The summed E-state index contributed by atoms with van der Waals surface area (Å²) in [4.78, 5) is 32.1. The van der Waals surface area contributed by atoms with Crippen molar-refractivity contribution in [2.45, 2.75) is 39.3 Å². The number of benzene rings is 2. The van der Waals surface area contributed by atoms with Crippen molar-refractivity contribution in [2.75, 3.05) is 7.05 Å². The zero-order valence-electron chi connectivity index (χ0n) is 18.5. The maximum Gasteiger partial charge on any atom is 0.272 e. The van der Waals surface area contributed by atoms with Crippen molar-refractivity contribution in [1.82, 2.24) is 14.5 Å². The second-order valence-corrected chi connectivity index (χ2v) is 8.00. The Morgan fingerprint density at radius 1 is 1.00 bits per heavy atom. The van der Waals surface area contributed by atoms with Gasteiger partial charge in [0.25, 0.3) is 5.56 Å². The Morgan fingerprint density at radius 3 is 2.50 bits per heavy atom. The lowest BCUT2D eigenvalue weighted by Gasteiger charge is -2.16. The molecule has 0 saturated carbocycles. The summed E-state index contributed by atoms with van der Waals surface area (Å²) in [5, 5.41) is 0. The molecule has 0 aliphatic rings. The molecular formula is C26H27N3O3. The number of carbonyl (C=O) groups is 1. The van der Waals surface area contributed by atoms with Crippen LogP contribution in [-0.2, 0) is 30.7 Å². The van der Waals surface area contributed by atoms with Crippen LogP contribution in [0.1, 0.15) is 29.2 Å². The Kier molecular flexibility index (Phi) is 6.50. The summed E-state index contributed by atoms with van der Waals surface area (Å²) in [6.07, 6.45) is 1.27. The van der Waals surface area contributed by atoms with E-state index in [1.54, 1.807) is 16.5 Å². The Hall–Kier alpha value is -3.67. The molecule has 1 amide bonds. The van der Waals surface area contributed by atoms with E-state index < -0.39 is 0 Å². The van der Waals surface area contributed by atoms with Crippen LogP contribution in [0, 0.1) is 6.92 Å². The molecule has 6 heteroatoms. The summed E-state index contributed by atoms with van der Waals surface area (Å²) in [6, 6.07) is 21.5. The van der Waals surface area contributed by atoms with E-state index in [4.69, 9.17) is 4.42 Å². The predicted octanol–water partition coefficient (Wildman–Crippen LogP) is 4.13. The van der Waals surface area contributed by atoms with Gasteiger partial charge in [0.1, 0.15) is 17.2 Å². The molecule has 2 aromatic heterocycles. The average Bonchev–Trinajstić information content (AvgIpc) is 3.22. The minimum Gasteiger partial charge on any atom is -0.464 e. The van der Waals surface area contributed by atoms with Gasteiger partial charge in [0.2, 0.25) is 5.91 Å². The van der Waals surface area contributed by atoms with Gasteiger partial charge in [-0.25, -0.2) is 4.98 Å². The van der Waals surface area contributed by atoms with Crippen molar-refractivity contribution < 1.29 is 9.21 Å². The first-order valence-electron chi connectivity index (χ1n) is 10.8. The number of hydrogen-bond acceptors (Lipinski definition) is 4. The van der Waals surface area contributed by atoms with Crippen LogP contribution < -0.4 is 5.56 Å². The highest BCUT2D eigenvalue weighted by Crippen LogP contribution is 2.13. The Morgan fingerprint density at radius 2 is 1.75 bits per heavy atom. The van der Waals surface area contributed by atoms with Crippen molar-refractivity contribution in [3.63, 3.8) is 0 Å². The van der Waals surface area contributed by atoms with Crippen LogP contribution in [0.4, 0.5) is 0 Å². The topological polar surface area (TPSA) is 68.3 Å².